The van der Waals surface area contributed by atoms with Crippen molar-refractivity contribution < 1.29 is 4.12 Å². The van der Waals surface area contributed by atoms with Gasteiger partial charge in [0.15, 0.2) is 0 Å². The van der Waals surface area contributed by atoms with Gasteiger partial charge in [-0.05, 0) is 72.4 Å². The van der Waals surface area contributed by atoms with Gasteiger partial charge in [0.25, 0.3) is 0 Å². The Bertz CT molecular complexity index is 730. The van der Waals surface area contributed by atoms with Crippen LogP contribution in [0.1, 0.15) is 38.8 Å². The highest BCUT2D eigenvalue weighted by Crippen LogP contribution is 2.17. The Morgan fingerprint density at radius 1 is 0.667 bits per heavy atom. The molecule has 0 aliphatic heterocycles. The zero-order valence-electron chi connectivity index (χ0n) is 18.6. The van der Waals surface area contributed by atoms with Crippen LogP contribution in [0, 0.1) is 11.8 Å². The summed E-state index contributed by atoms with van der Waals surface area (Å²) in [6, 6.07) is 18.3. The van der Waals surface area contributed by atoms with Crippen molar-refractivity contribution in [1.29, 1.82) is 0 Å². The Morgan fingerprint density at radius 2 is 1.19 bits per heavy atom. The van der Waals surface area contributed by atoms with Crippen LogP contribution in [0.4, 0.5) is 0 Å². The summed E-state index contributed by atoms with van der Waals surface area (Å²) >= 11 is 0. The van der Waals surface area contributed by atoms with Crippen molar-refractivity contribution in [1.82, 2.24) is 0 Å². The molecule has 2 rings (SSSR count). The first-order chi connectivity index (χ1) is 12.5. The van der Waals surface area contributed by atoms with Gasteiger partial charge in [-0.3, -0.25) is 0 Å². The first-order valence-corrected chi connectivity index (χ1v) is 16.2. The summed E-state index contributed by atoms with van der Waals surface area (Å²) in [5.74, 6) is 1.38. The molecule has 0 bridgehead atoms. The van der Waals surface area contributed by atoms with Crippen LogP contribution in [-0.2, 0) is 17.0 Å². The Hall–Kier alpha value is -1.17. The summed E-state index contributed by atoms with van der Waals surface area (Å²) < 4.78 is 6.96. The number of rotatable bonds is 8. The lowest BCUT2D eigenvalue weighted by Crippen LogP contribution is -2.57. The molecule has 0 N–H and O–H groups in total. The molecule has 0 aliphatic carbocycles. The van der Waals surface area contributed by atoms with E-state index in [0.29, 0.717) is 11.8 Å². The summed E-state index contributed by atoms with van der Waals surface area (Å²) in [6.07, 6.45) is 2.28. The van der Waals surface area contributed by atoms with Crippen LogP contribution >= 0.6 is 0 Å². The maximum Gasteiger partial charge on any atom is 0.206 e. The standard InChI is InChI=1S/C24H38OSi2/c1-19(2)16-21-12-14-23(15-13-21)26(5,6)25-27(7,8)24-11-9-10-22(18-24)17-20(3)4/h9-15,18-20H,16-17H2,1-8H3. The molecule has 0 aliphatic rings. The summed E-state index contributed by atoms with van der Waals surface area (Å²) in [4.78, 5) is 0. The molecule has 27 heavy (non-hydrogen) atoms. The minimum absolute atomic E-state index is 0.682. The third-order valence-electron chi connectivity index (χ3n) is 5.07. The van der Waals surface area contributed by atoms with Crippen molar-refractivity contribution in [2.45, 2.75) is 66.7 Å². The zero-order valence-corrected chi connectivity index (χ0v) is 20.6. The van der Waals surface area contributed by atoms with Crippen molar-refractivity contribution in [3.63, 3.8) is 0 Å². The lowest BCUT2D eigenvalue weighted by Gasteiger charge is -2.35. The zero-order chi connectivity index (χ0) is 20.2. The third-order valence-corrected chi connectivity index (χ3v) is 12.6. The van der Waals surface area contributed by atoms with E-state index in [1.54, 1.807) is 0 Å². The first-order valence-electron chi connectivity index (χ1n) is 10.4. The molecule has 1 nitrogen and oxygen atoms in total. The molecule has 0 amide bonds. The van der Waals surface area contributed by atoms with Crippen LogP contribution in [0.2, 0.25) is 26.2 Å². The van der Waals surface area contributed by atoms with E-state index < -0.39 is 16.6 Å². The van der Waals surface area contributed by atoms with E-state index in [9.17, 15) is 0 Å². The lowest BCUT2D eigenvalue weighted by molar-refractivity contribution is 0.573. The molecule has 0 atom stereocenters. The highest BCUT2D eigenvalue weighted by atomic mass is 28.4. The van der Waals surface area contributed by atoms with E-state index in [1.807, 2.05) is 0 Å². The molecule has 0 fully saturated rings. The van der Waals surface area contributed by atoms with Gasteiger partial charge in [-0.2, -0.15) is 0 Å². The molecule has 0 aromatic heterocycles. The van der Waals surface area contributed by atoms with E-state index in [0.717, 1.165) is 12.8 Å². The van der Waals surface area contributed by atoms with Gasteiger partial charge in [0.2, 0.25) is 16.6 Å². The minimum atomic E-state index is -1.96. The van der Waals surface area contributed by atoms with E-state index >= 15 is 0 Å². The van der Waals surface area contributed by atoms with Crippen LogP contribution in [-0.4, -0.2) is 16.6 Å². The van der Waals surface area contributed by atoms with Crippen LogP contribution in [0.5, 0.6) is 0 Å². The Morgan fingerprint density at radius 3 is 1.74 bits per heavy atom. The van der Waals surface area contributed by atoms with Gasteiger partial charge in [-0.1, -0.05) is 76.2 Å². The Kier molecular flexibility index (Phi) is 7.29. The van der Waals surface area contributed by atoms with Gasteiger partial charge < -0.3 is 4.12 Å². The number of benzene rings is 2. The number of hydrogen-bond donors (Lipinski definition) is 0. The summed E-state index contributed by atoms with van der Waals surface area (Å²) in [6.45, 7) is 18.5. The second kappa shape index (κ2) is 8.89. The van der Waals surface area contributed by atoms with Gasteiger partial charge >= 0.3 is 0 Å². The van der Waals surface area contributed by atoms with Gasteiger partial charge in [0.1, 0.15) is 0 Å². The van der Waals surface area contributed by atoms with Crippen LogP contribution in [0.3, 0.4) is 0 Å². The second-order valence-corrected chi connectivity index (χ2v) is 17.7. The molecule has 0 unspecified atom stereocenters. The Labute approximate surface area is 169 Å². The minimum Gasteiger partial charge on any atom is -0.449 e. The first kappa shape index (κ1) is 22.1. The summed E-state index contributed by atoms with van der Waals surface area (Å²) in [5, 5.41) is 2.81. The largest absolute Gasteiger partial charge is 0.449 e. The molecule has 148 valence electrons. The molecule has 0 saturated heterocycles. The van der Waals surface area contributed by atoms with Gasteiger partial charge in [-0.15, -0.1) is 0 Å². The van der Waals surface area contributed by atoms with Crippen molar-refractivity contribution >= 4 is 27.0 Å². The fourth-order valence-electron chi connectivity index (χ4n) is 3.81. The van der Waals surface area contributed by atoms with Crippen LogP contribution in [0.25, 0.3) is 0 Å². The van der Waals surface area contributed by atoms with E-state index in [1.165, 1.54) is 21.5 Å². The molecule has 0 spiro atoms. The molecule has 2 aromatic rings. The molecule has 0 saturated carbocycles. The van der Waals surface area contributed by atoms with Crippen LogP contribution in [0.15, 0.2) is 48.5 Å². The normalized spacial score (nSPS) is 12.8. The third kappa shape index (κ3) is 6.44. The van der Waals surface area contributed by atoms with Gasteiger partial charge in [0.05, 0.1) is 0 Å². The topological polar surface area (TPSA) is 9.23 Å². The lowest BCUT2D eigenvalue weighted by atomic mass is 10.0. The van der Waals surface area contributed by atoms with Crippen molar-refractivity contribution in [3.05, 3.63) is 59.7 Å². The average Bonchev–Trinajstić information content (AvgIpc) is 2.53. The second-order valence-electron chi connectivity index (χ2n) is 9.72. The maximum absolute atomic E-state index is 6.96. The molecular formula is C24H38OSi2. The predicted molar refractivity (Wildman–Crippen MR) is 125 cm³/mol. The quantitative estimate of drug-likeness (QED) is 0.524. The summed E-state index contributed by atoms with van der Waals surface area (Å²) in [5.41, 5.74) is 2.86. The molecule has 2 aromatic carbocycles. The monoisotopic (exact) mass is 398 g/mol. The summed E-state index contributed by atoms with van der Waals surface area (Å²) in [7, 11) is -3.91. The van der Waals surface area contributed by atoms with E-state index in [-0.39, 0.29) is 0 Å². The fourth-order valence-corrected chi connectivity index (χ4v) is 11.9. The Balaban J connectivity index is 2.19. The van der Waals surface area contributed by atoms with Crippen molar-refractivity contribution in [3.8, 4) is 0 Å². The maximum atomic E-state index is 6.96. The SMILES string of the molecule is CC(C)Cc1ccc([Si](C)(C)O[Si](C)(C)c2cccc(CC(C)C)c2)cc1. The van der Waals surface area contributed by atoms with E-state index in [2.05, 4.69) is 102 Å². The molecule has 0 heterocycles. The van der Waals surface area contributed by atoms with E-state index in [4.69, 9.17) is 4.12 Å². The highest BCUT2D eigenvalue weighted by molar-refractivity contribution is 6.96. The molecule has 3 heteroatoms. The van der Waals surface area contributed by atoms with Crippen molar-refractivity contribution in [2.75, 3.05) is 0 Å². The molecule has 0 radical (unpaired) electrons. The predicted octanol–water partition coefficient (Wildman–Crippen LogP) is 5.62. The number of hydrogen-bond acceptors (Lipinski definition) is 1. The smallest absolute Gasteiger partial charge is 0.206 e. The average molecular weight is 399 g/mol. The van der Waals surface area contributed by atoms with Crippen LogP contribution < -0.4 is 10.4 Å². The highest BCUT2D eigenvalue weighted by Gasteiger charge is 2.36. The van der Waals surface area contributed by atoms with Gasteiger partial charge in [-0.25, -0.2) is 0 Å². The fraction of sp³-hybridized carbons (Fsp3) is 0.500. The van der Waals surface area contributed by atoms with Gasteiger partial charge in [0, 0.05) is 0 Å². The molecular weight excluding hydrogens is 360 g/mol. The van der Waals surface area contributed by atoms with Crippen molar-refractivity contribution in [2.24, 2.45) is 11.8 Å².